The van der Waals surface area contributed by atoms with Crippen molar-refractivity contribution >= 4 is 27.5 Å². The van der Waals surface area contributed by atoms with Gasteiger partial charge in [0.05, 0.1) is 21.6 Å². The van der Waals surface area contributed by atoms with E-state index in [4.69, 9.17) is 0 Å². The number of carbonyl (C=O) groups excluding carboxylic acids is 1. The number of hydrogen-bond donors (Lipinski definition) is 1. The molecule has 102 valence electrons. The average Bonchev–Trinajstić information content (AvgIpc) is 2.46. The van der Waals surface area contributed by atoms with Gasteiger partial charge < -0.3 is 5.32 Å². The van der Waals surface area contributed by atoms with E-state index in [0.29, 0.717) is 10.2 Å². The third-order valence-electron chi connectivity index (χ3n) is 2.48. The first-order valence-corrected chi connectivity index (χ1v) is 6.34. The molecule has 7 nitrogen and oxygen atoms in total. The second-order valence-corrected chi connectivity index (χ2v) is 4.66. The average molecular weight is 337 g/mol. The standard InChI is InChI=1S/C12H9BrN4O3/c13-10-2-1-8(5-11(10)17(19)20)12(18)15-6-9-3-4-14-7-16-9/h1-5,7H,6H2,(H,15,18). The highest BCUT2D eigenvalue weighted by atomic mass is 79.9. The number of nitro groups is 1. The number of nitrogens with zero attached hydrogens (tertiary/aromatic N) is 3. The summed E-state index contributed by atoms with van der Waals surface area (Å²) in [5.41, 5.74) is 0.716. The molecule has 0 saturated carbocycles. The minimum absolute atomic E-state index is 0.153. The summed E-state index contributed by atoms with van der Waals surface area (Å²) < 4.78 is 0.329. The van der Waals surface area contributed by atoms with Crippen LogP contribution in [-0.4, -0.2) is 20.8 Å². The van der Waals surface area contributed by atoms with Crippen LogP contribution in [0.1, 0.15) is 16.1 Å². The van der Waals surface area contributed by atoms with Crippen molar-refractivity contribution < 1.29 is 9.72 Å². The van der Waals surface area contributed by atoms with E-state index in [1.165, 1.54) is 24.5 Å². The van der Waals surface area contributed by atoms with Crippen LogP contribution in [0, 0.1) is 10.1 Å². The molecule has 0 spiro atoms. The lowest BCUT2D eigenvalue weighted by Crippen LogP contribution is -2.23. The van der Waals surface area contributed by atoms with Gasteiger partial charge in [0.25, 0.3) is 11.6 Å². The number of amides is 1. The zero-order chi connectivity index (χ0) is 14.5. The van der Waals surface area contributed by atoms with Gasteiger partial charge in [0.2, 0.25) is 0 Å². The van der Waals surface area contributed by atoms with Gasteiger partial charge in [-0.3, -0.25) is 14.9 Å². The second-order valence-electron chi connectivity index (χ2n) is 3.81. The highest BCUT2D eigenvalue weighted by Gasteiger charge is 2.15. The summed E-state index contributed by atoms with van der Waals surface area (Å²) in [7, 11) is 0. The summed E-state index contributed by atoms with van der Waals surface area (Å²) in [5, 5.41) is 13.4. The van der Waals surface area contributed by atoms with E-state index in [1.807, 2.05) is 0 Å². The molecule has 2 aromatic rings. The first kappa shape index (κ1) is 14.1. The predicted molar refractivity (Wildman–Crippen MR) is 74.0 cm³/mol. The fourth-order valence-corrected chi connectivity index (χ4v) is 1.88. The Labute approximate surface area is 122 Å². The fourth-order valence-electron chi connectivity index (χ4n) is 1.49. The zero-order valence-electron chi connectivity index (χ0n) is 10.1. The number of carbonyl (C=O) groups is 1. The highest BCUT2D eigenvalue weighted by Crippen LogP contribution is 2.25. The number of nitro benzene ring substituents is 1. The quantitative estimate of drug-likeness (QED) is 0.680. The van der Waals surface area contributed by atoms with Gasteiger partial charge in [-0.1, -0.05) is 0 Å². The molecule has 1 aromatic heterocycles. The molecular weight excluding hydrogens is 328 g/mol. The van der Waals surface area contributed by atoms with Crippen molar-refractivity contribution in [2.75, 3.05) is 0 Å². The van der Waals surface area contributed by atoms with Crippen molar-refractivity contribution in [3.8, 4) is 0 Å². The van der Waals surface area contributed by atoms with Crippen LogP contribution in [-0.2, 0) is 6.54 Å². The van der Waals surface area contributed by atoms with E-state index in [0.717, 1.165) is 0 Å². The molecule has 0 fully saturated rings. The van der Waals surface area contributed by atoms with Gasteiger partial charge in [0.1, 0.15) is 6.33 Å². The topological polar surface area (TPSA) is 98.0 Å². The number of benzene rings is 1. The number of rotatable bonds is 4. The van der Waals surface area contributed by atoms with Crippen LogP contribution in [0.3, 0.4) is 0 Å². The highest BCUT2D eigenvalue weighted by molar-refractivity contribution is 9.10. The van der Waals surface area contributed by atoms with Crippen LogP contribution in [0.2, 0.25) is 0 Å². The van der Waals surface area contributed by atoms with Crippen LogP contribution in [0.25, 0.3) is 0 Å². The monoisotopic (exact) mass is 336 g/mol. The Kier molecular flexibility index (Phi) is 4.36. The van der Waals surface area contributed by atoms with E-state index in [2.05, 4.69) is 31.2 Å². The maximum absolute atomic E-state index is 11.9. The largest absolute Gasteiger partial charge is 0.346 e. The Hall–Kier alpha value is -2.35. The van der Waals surface area contributed by atoms with Gasteiger partial charge in [-0.05, 0) is 34.1 Å². The maximum atomic E-state index is 11.9. The molecule has 0 bridgehead atoms. The first-order chi connectivity index (χ1) is 9.58. The summed E-state index contributed by atoms with van der Waals surface area (Å²) in [4.78, 5) is 29.9. The molecule has 20 heavy (non-hydrogen) atoms. The van der Waals surface area contributed by atoms with Crippen molar-refractivity contribution in [1.29, 1.82) is 0 Å². The fraction of sp³-hybridized carbons (Fsp3) is 0.0833. The minimum atomic E-state index is -0.550. The van der Waals surface area contributed by atoms with Crippen molar-refractivity contribution in [1.82, 2.24) is 15.3 Å². The van der Waals surface area contributed by atoms with Crippen LogP contribution in [0.4, 0.5) is 5.69 Å². The molecule has 1 heterocycles. The SMILES string of the molecule is O=C(NCc1ccncn1)c1ccc(Br)c([N+](=O)[O-])c1. The molecule has 0 unspecified atom stereocenters. The summed E-state index contributed by atoms with van der Waals surface area (Å²) in [5.74, 6) is -0.404. The Morgan fingerprint density at radius 2 is 2.20 bits per heavy atom. The number of nitrogens with one attached hydrogen (secondary N) is 1. The van der Waals surface area contributed by atoms with Gasteiger partial charge in [-0.15, -0.1) is 0 Å². The van der Waals surface area contributed by atoms with Crippen molar-refractivity contribution in [2.24, 2.45) is 0 Å². The number of halogens is 1. The van der Waals surface area contributed by atoms with Crippen LogP contribution in [0.15, 0.2) is 41.3 Å². The van der Waals surface area contributed by atoms with Crippen LogP contribution < -0.4 is 5.32 Å². The van der Waals surface area contributed by atoms with Crippen molar-refractivity contribution in [3.05, 3.63) is 62.6 Å². The van der Waals surface area contributed by atoms with E-state index in [9.17, 15) is 14.9 Å². The maximum Gasteiger partial charge on any atom is 0.284 e. The Morgan fingerprint density at radius 1 is 1.40 bits per heavy atom. The lowest BCUT2D eigenvalue weighted by molar-refractivity contribution is -0.385. The number of aromatic nitrogens is 2. The first-order valence-electron chi connectivity index (χ1n) is 5.55. The van der Waals surface area contributed by atoms with E-state index in [1.54, 1.807) is 12.3 Å². The van der Waals surface area contributed by atoms with Gasteiger partial charge in [0, 0.05) is 17.8 Å². The second kappa shape index (κ2) is 6.20. The Morgan fingerprint density at radius 3 is 2.85 bits per heavy atom. The van der Waals surface area contributed by atoms with E-state index >= 15 is 0 Å². The Balaban J connectivity index is 2.10. The molecule has 1 amide bonds. The minimum Gasteiger partial charge on any atom is -0.346 e. The Bertz CT molecular complexity index is 648. The lowest BCUT2D eigenvalue weighted by Gasteiger charge is -2.05. The zero-order valence-corrected chi connectivity index (χ0v) is 11.7. The van der Waals surface area contributed by atoms with Crippen LogP contribution in [0.5, 0.6) is 0 Å². The van der Waals surface area contributed by atoms with Gasteiger partial charge in [0.15, 0.2) is 0 Å². The number of hydrogen-bond acceptors (Lipinski definition) is 5. The third kappa shape index (κ3) is 3.35. The summed E-state index contributed by atoms with van der Waals surface area (Å²) >= 11 is 3.07. The third-order valence-corrected chi connectivity index (χ3v) is 3.15. The molecule has 0 aliphatic rings. The molecule has 0 aliphatic heterocycles. The van der Waals surface area contributed by atoms with Crippen molar-refractivity contribution in [3.63, 3.8) is 0 Å². The van der Waals surface area contributed by atoms with Gasteiger partial charge >= 0.3 is 0 Å². The molecule has 0 saturated heterocycles. The van der Waals surface area contributed by atoms with Crippen LogP contribution >= 0.6 is 15.9 Å². The summed E-state index contributed by atoms with van der Waals surface area (Å²) in [6.07, 6.45) is 2.95. The predicted octanol–water partition coefficient (Wildman–Crippen LogP) is 2.08. The molecule has 1 N–H and O–H groups in total. The van der Waals surface area contributed by atoms with E-state index < -0.39 is 10.8 Å². The molecule has 8 heteroatoms. The smallest absolute Gasteiger partial charge is 0.284 e. The molecule has 0 atom stereocenters. The molecule has 0 radical (unpaired) electrons. The van der Waals surface area contributed by atoms with Gasteiger partial charge in [-0.25, -0.2) is 9.97 Å². The summed E-state index contributed by atoms with van der Waals surface area (Å²) in [6.45, 7) is 0.227. The molecular formula is C12H9BrN4O3. The molecule has 1 aromatic carbocycles. The molecule has 2 rings (SSSR count). The molecule has 0 aliphatic carbocycles. The normalized spacial score (nSPS) is 10.1. The van der Waals surface area contributed by atoms with Crippen molar-refractivity contribution in [2.45, 2.75) is 6.54 Å². The van der Waals surface area contributed by atoms with Gasteiger partial charge in [-0.2, -0.15) is 0 Å². The summed E-state index contributed by atoms with van der Waals surface area (Å²) in [6, 6.07) is 5.87. The van der Waals surface area contributed by atoms with E-state index in [-0.39, 0.29) is 17.8 Å². The lowest BCUT2D eigenvalue weighted by atomic mass is 10.2.